The van der Waals surface area contributed by atoms with Gasteiger partial charge < -0.3 is 33.8 Å². The largest absolute Gasteiger partial charge is 0.472 e. The second kappa shape index (κ2) is 76.4. The van der Waals surface area contributed by atoms with Crippen LogP contribution in [0.2, 0.25) is 0 Å². The van der Waals surface area contributed by atoms with Crippen molar-refractivity contribution >= 4 is 39.5 Å². The molecule has 0 spiro atoms. The minimum atomic E-state index is -5.01. The number of hydrogen-bond acceptors (Lipinski definition) is 15. The number of phosphoric ester groups is 2. The fourth-order valence-corrected chi connectivity index (χ4v) is 11.9. The third kappa shape index (κ3) is 75.4. The van der Waals surface area contributed by atoms with Crippen LogP contribution in [0.15, 0.2) is 134 Å². The zero-order valence-electron chi connectivity index (χ0n) is 65.2. The van der Waals surface area contributed by atoms with E-state index in [1.165, 1.54) is 96.3 Å². The van der Waals surface area contributed by atoms with Crippen molar-refractivity contribution < 1.29 is 80.2 Å². The molecule has 0 saturated heterocycles. The SMILES string of the molecule is CCCCC/C=C\C/C=C\C/C=C\C/C=C\CCCC(=O)OC[C@H](COP(=O)(O)OC[C@@H](O)COP(=O)(O)OC[C@@H](COC(=O)CCCCCCC/C=C\CCCCCCCC)OC(=O)CCCCCCC/C=C\C/C=C\CCCCC)OC(=O)CCC/C=C\C/C=C\C/C=C\C/C=C\CCCCC. The van der Waals surface area contributed by atoms with E-state index in [-0.39, 0.29) is 25.7 Å². The Balaban J connectivity index is 5.49. The lowest BCUT2D eigenvalue weighted by Gasteiger charge is -2.21. The van der Waals surface area contributed by atoms with E-state index in [1.54, 1.807) is 0 Å². The molecule has 0 radical (unpaired) electrons. The molecule has 5 atom stereocenters. The van der Waals surface area contributed by atoms with E-state index in [0.29, 0.717) is 38.5 Å². The van der Waals surface area contributed by atoms with Crippen molar-refractivity contribution in [2.24, 2.45) is 0 Å². The van der Waals surface area contributed by atoms with Gasteiger partial charge in [-0.05, 0) is 161 Å². The number of allylic oxidation sites excluding steroid dienone is 22. The molecule has 0 fully saturated rings. The molecule has 0 heterocycles. The number of aliphatic hydroxyl groups is 1. The number of phosphoric acid groups is 2. The lowest BCUT2D eigenvalue weighted by molar-refractivity contribution is -0.161. The van der Waals surface area contributed by atoms with E-state index in [9.17, 15) is 43.2 Å². The second-order valence-electron chi connectivity index (χ2n) is 26.6. The maximum absolute atomic E-state index is 13.1. The Bertz CT molecular complexity index is 2490. The van der Waals surface area contributed by atoms with Gasteiger partial charge in [-0.3, -0.25) is 37.3 Å². The Hall–Kier alpha value is -4.80. The highest BCUT2D eigenvalue weighted by atomic mass is 31.2. The van der Waals surface area contributed by atoms with Crippen molar-refractivity contribution in [3.05, 3.63) is 134 Å². The van der Waals surface area contributed by atoms with E-state index in [4.69, 9.17) is 37.0 Å². The molecular formula is C85H144O17P2. The third-order valence-corrected chi connectivity index (χ3v) is 18.5. The molecular weight excluding hydrogens is 1350 g/mol. The molecule has 104 heavy (non-hydrogen) atoms. The normalized spacial score (nSPS) is 14.6. The molecule has 0 aromatic rings. The molecule has 0 aromatic carbocycles. The number of carbonyl (C=O) groups is 4. The van der Waals surface area contributed by atoms with Crippen LogP contribution in [0.4, 0.5) is 0 Å². The highest BCUT2D eigenvalue weighted by Crippen LogP contribution is 2.45. The predicted molar refractivity (Wildman–Crippen MR) is 427 cm³/mol. The number of carbonyl (C=O) groups excluding carboxylic acids is 4. The highest BCUT2D eigenvalue weighted by molar-refractivity contribution is 7.47. The Kier molecular flexibility index (Phi) is 72.9. The molecule has 17 nitrogen and oxygen atoms in total. The monoisotopic (exact) mass is 1500 g/mol. The molecule has 3 N–H and O–H groups in total. The standard InChI is InChI=1S/C85H144O17P2/c1-5-9-13-17-21-25-29-33-37-39-43-46-50-54-58-62-66-70-83(88)96-76-81(102-85(90)72-68-64-60-56-52-48-44-40-38-34-30-26-22-18-14-10-6-2)78-100-104(93,94)98-74-79(86)73-97-103(91,92)99-77-80(101-84(89)71-67-63-59-55-51-47-42-36-32-28-24-20-16-12-8-4)75-95-82(87)69-65-61-57-53-49-45-41-35-31-27-23-19-15-11-7-3/h21-22,24-26,28,33-38,41-44,46,48,54,56,58,60,79-81,86H,5-20,23,27,29-32,39-40,45,47,49-53,55,57,59,61-78H2,1-4H3,(H,91,92)(H,93,94)/b25-21-,26-22-,28-24-,37-33-,38-34-,41-35-,42-36-,46-43-,48-44-,58-54-,60-56-/t79-,80+,81+/m0/s1. The summed E-state index contributed by atoms with van der Waals surface area (Å²) in [7, 11) is -10.0. The number of hydrogen-bond donors (Lipinski definition) is 3. The van der Waals surface area contributed by atoms with Crippen LogP contribution < -0.4 is 0 Å². The van der Waals surface area contributed by atoms with Gasteiger partial charge in [0.2, 0.25) is 0 Å². The maximum atomic E-state index is 13.1. The summed E-state index contributed by atoms with van der Waals surface area (Å²) < 4.78 is 68.5. The topological polar surface area (TPSA) is 237 Å². The predicted octanol–water partition coefficient (Wildman–Crippen LogP) is 23.7. The van der Waals surface area contributed by atoms with E-state index in [0.717, 1.165) is 135 Å². The number of aliphatic hydroxyl groups excluding tert-OH is 1. The van der Waals surface area contributed by atoms with Crippen molar-refractivity contribution in [3.63, 3.8) is 0 Å². The second-order valence-corrected chi connectivity index (χ2v) is 29.5. The quantitative estimate of drug-likeness (QED) is 0.0169. The third-order valence-electron chi connectivity index (χ3n) is 16.6. The van der Waals surface area contributed by atoms with Crippen LogP contribution in [0.25, 0.3) is 0 Å². The van der Waals surface area contributed by atoms with Gasteiger partial charge in [-0.15, -0.1) is 0 Å². The number of unbranched alkanes of at least 4 members (excludes halogenated alkanes) is 27. The Morgan fingerprint density at radius 2 is 0.481 bits per heavy atom. The molecule has 0 aliphatic carbocycles. The van der Waals surface area contributed by atoms with Crippen LogP contribution in [0.1, 0.15) is 323 Å². The smallest absolute Gasteiger partial charge is 0.462 e. The summed E-state index contributed by atoms with van der Waals surface area (Å²) >= 11 is 0. The minimum Gasteiger partial charge on any atom is -0.462 e. The number of rotatable bonds is 75. The first-order chi connectivity index (χ1) is 50.7. The van der Waals surface area contributed by atoms with Gasteiger partial charge in [0.25, 0.3) is 0 Å². The molecule has 0 bridgehead atoms. The fraction of sp³-hybridized carbons (Fsp3) is 0.694. The Morgan fingerprint density at radius 3 is 0.798 bits per heavy atom. The summed E-state index contributed by atoms with van der Waals surface area (Å²) in [6.07, 6.45) is 85.8. The summed E-state index contributed by atoms with van der Waals surface area (Å²) in [5.74, 6) is -2.33. The molecule has 0 saturated carbocycles. The van der Waals surface area contributed by atoms with E-state index in [1.807, 2.05) is 24.3 Å². The van der Waals surface area contributed by atoms with Gasteiger partial charge in [0.1, 0.15) is 19.3 Å². The summed E-state index contributed by atoms with van der Waals surface area (Å²) in [6.45, 7) is 4.65. The zero-order chi connectivity index (χ0) is 76.0. The summed E-state index contributed by atoms with van der Waals surface area (Å²) in [5, 5.41) is 10.6. The van der Waals surface area contributed by atoms with Gasteiger partial charge in [-0.1, -0.05) is 271 Å². The van der Waals surface area contributed by atoms with Crippen molar-refractivity contribution in [2.45, 2.75) is 341 Å². The first-order valence-electron chi connectivity index (χ1n) is 40.4. The van der Waals surface area contributed by atoms with E-state index >= 15 is 0 Å². The van der Waals surface area contributed by atoms with E-state index in [2.05, 4.69) is 137 Å². The van der Waals surface area contributed by atoms with Gasteiger partial charge in [0.15, 0.2) is 12.2 Å². The van der Waals surface area contributed by atoms with Gasteiger partial charge in [-0.25, -0.2) is 9.13 Å². The van der Waals surface area contributed by atoms with Crippen molar-refractivity contribution in [2.75, 3.05) is 39.6 Å². The molecule has 0 aromatic heterocycles. The Morgan fingerprint density at radius 1 is 0.269 bits per heavy atom. The molecule has 596 valence electrons. The molecule has 19 heteroatoms. The van der Waals surface area contributed by atoms with Crippen molar-refractivity contribution in [3.8, 4) is 0 Å². The molecule has 0 amide bonds. The first kappa shape index (κ1) is 99.2. The Labute approximate surface area is 631 Å². The molecule has 0 aliphatic heterocycles. The summed E-state index contributed by atoms with van der Waals surface area (Å²) in [6, 6.07) is 0. The molecule has 0 aliphatic rings. The lowest BCUT2D eigenvalue weighted by atomic mass is 10.1. The summed E-state index contributed by atoms with van der Waals surface area (Å²) in [4.78, 5) is 73.0. The van der Waals surface area contributed by atoms with E-state index < -0.39 is 97.5 Å². The summed E-state index contributed by atoms with van der Waals surface area (Å²) in [5.41, 5.74) is 0. The zero-order valence-corrected chi connectivity index (χ0v) is 66.9. The molecule has 2 unspecified atom stereocenters. The van der Waals surface area contributed by atoms with Gasteiger partial charge in [0, 0.05) is 25.7 Å². The molecule has 0 rings (SSSR count). The number of ether oxygens (including phenoxy) is 4. The van der Waals surface area contributed by atoms with Crippen LogP contribution in [-0.2, 0) is 65.4 Å². The van der Waals surface area contributed by atoms with Crippen LogP contribution in [-0.4, -0.2) is 96.7 Å². The van der Waals surface area contributed by atoms with Crippen LogP contribution in [0.3, 0.4) is 0 Å². The van der Waals surface area contributed by atoms with Crippen LogP contribution in [0, 0.1) is 0 Å². The average Bonchev–Trinajstić information content (AvgIpc) is 0.926. The minimum absolute atomic E-state index is 0.00395. The van der Waals surface area contributed by atoms with Gasteiger partial charge in [0.05, 0.1) is 26.4 Å². The maximum Gasteiger partial charge on any atom is 0.472 e. The van der Waals surface area contributed by atoms with Crippen molar-refractivity contribution in [1.29, 1.82) is 0 Å². The van der Waals surface area contributed by atoms with Crippen LogP contribution >= 0.6 is 15.6 Å². The number of esters is 4. The first-order valence-corrected chi connectivity index (χ1v) is 43.4. The highest BCUT2D eigenvalue weighted by Gasteiger charge is 2.30. The van der Waals surface area contributed by atoms with Gasteiger partial charge in [-0.2, -0.15) is 0 Å². The van der Waals surface area contributed by atoms with Crippen molar-refractivity contribution in [1.82, 2.24) is 0 Å². The van der Waals surface area contributed by atoms with Gasteiger partial charge >= 0.3 is 39.5 Å². The fourth-order valence-electron chi connectivity index (χ4n) is 10.3. The average molecular weight is 1500 g/mol. The van der Waals surface area contributed by atoms with Crippen LogP contribution in [0.5, 0.6) is 0 Å². The lowest BCUT2D eigenvalue weighted by Crippen LogP contribution is -2.30.